The second kappa shape index (κ2) is 13.7. The number of anilines is 1. The van der Waals surface area contributed by atoms with Crippen molar-refractivity contribution < 1.29 is 43.6 Å². The van der Waals surface area contributed by atoms with Crippen LogP contribution >= 0.6 is 11.6 Å². The van der Waals surface area contributed by atoms with E-state index < -0.39 is 43.2 Å². The van der Waals surface area contributed by atoms with Gasteiger partial charge in [0, 0.05) is 23.5 Å². The first-order chi connectivity index (χ1) is 23.0. The highest BCUT2D eigenvalue weighted by Crippen LogP contribution is 2.42. The largest absolute Gasteiger partial charge is 0.471 e. The number of unbranched alkanes of at least 4 members (excludes halogenated alkanes) is 1. The summed E-state index contributed by atoms with van der Waals surface area (Å²) >= 11 is 6.33. The summed E-state index contributed by atoms with van der Waals surface area (Å²) in [6, 6.07) is 18.2. The van der Waals surface area contributed by atoms with Gasteiger partial charge in [-0.1, -0.05) is 79.5 Å². The average Bonchev–Trinajstić information content (AvgIpc) is 3.85. The number of carbonyl (C=O) groups excluding carboxylic acids is 1. The number of hydrogen-bond acceptors (Lipinski definition) is 6. The Kier molecular flexibility index (Phi) is 10.1. The van der Waals surface area contributed by atoms with Crippen molar-refractivity contribution in [2.75, 3.05) is 4.72 Å². The molecule has 1 amide bonds. The predicted molar refractivity (Wildman–Crippen MR) is 173 cm³/mol. The number of nitrogens with zero attached hydrogens (tertiary/aromatic N) is 2. The van der Waals surface area contributed by atoms with Crippen LogP contribution in [-0.4, -0.2) is 44.0 Å². The molecule has 2 N–H and O–H groups in total. The van der Waals surface area contributed by atoms with Crippen LogP contribution in [0.15, 0.2) is 77.7 Å². The molecule has 0 aliphatic heterocycles. The van der Waals surface area contributed by atoms with Crippen LogP contribution in [0.1, 0.15) is 49.4 Å². The van der Waals surface area contributed by atoms with E-state index in [1.807, 2.05) is 6.92 Å². The third-order valence-electron chi connectivity index (χ3n) is 7.82. The van der Waals surface area contributed by atoms with Crippen molar-refractivity contribution in [1.82, 2.24) is 14.5 Å². The third kappa shape index (κ3) is 7.60. The second-order valence-electron chi connectivity index (χ2n) is 11.5. The zero-order valence-corrected chi connectivity index (χ0v) is 28.2. The molecular weight excluding hydrogens is 715 g/mol. The molecule has 17 heteroatoms. The van der Waals surface area contributed by atoms with Gasteiger partial charge in [0.15, 0.2) is 0 Å². The summed E-state index contributed by atoms with van der Waals surface area (Å²) in [5.74, 6) is -1.57. The van der Waals surface area contributed by atoms with Gasteiger partial charge >= 0.3 is 21.5 Å². The number of aromatic nitrogens is 2. The molecule has 1 fully saturated rings. The number of para-hydroxylation sites is 1. The lowest BCUT2D eigenvalue weighted by Gasteiger charge is -2.21. The van der Waals surface area contributed by atoms with Crippen LogP contribution in [0.25, 0.3) is 16.8 Å². The second-order valence-corrected chi connectivity index (χ2v) is 15.3. The van der Waals surface area contributed by atoms with E-state index in [9.17, 15) is 43.6 Å². The average molecular weight is 745 g/mol. The molecule has 0 bridgehead atoms. The molecule has 0 unspecified atom stereocenters. The van der Waals surface area contributed by atoms with E-state index in [0.717, 1.165) is 4.68 Å². The summed E-state index contributed by atoms with van der Waals surface area (Å²) in [7, 11) is -10.6. The zero-order chi connectivity index (χ0) is 35.8. The minimum atomic E-state index is -6.42. The number of alkyl halides is 5. The molecule has 1 aliphatic rings. The predicted octanol–water partition coefficient (Wildman–Crippen LogP) is 7.24. The fourth-order valence-electron chi connectivity index (χ4n) is 5.03. The Labute approximate surface area is 284 Å². The molecule has 1 saturated carbocycles. The van der Waals surface area contributed by atoms with Crippen molar-refractivity contribution in [2.24, 2.45) is 5.92 Å². The Balaban J connectivity index is 1.57. The summed E-state index contributed by atoms with van der Waals surface area (Å²) in [6.45, 7) is 1.87. The standard InChI is InChI=1S/C32H30ClF5N4O5S2/c1-2-3-10-26-24(29(40-49(46,47)32(37,38)31(34,35)36)42(39-26)27-11-6-5-9-25(27)33)19-20-13-15-21(16-14-20)23-8-4-7-12-28(23)48(44,45)41-30(43)22-17-18-22/h4-9,11-16,22,40H,2-3,10,17-19H2,1H3,(H,41,43). The van der Waals surface area contributed by atoms with Gasteiger partial charge in [-0.2, -0.15) is 35.5 Å². The smallest absolute Gasteiger partial charge is 0.274 e. The van der Waals surface area contributed by atoms with Crippen LogP contribution in [0.5, 0.6) is 0 Å². The molecule has 3 aromatic carbocycles. The van der Waals surface area contributed by atoms with Gasteiger partial charge in [0.1, 0.15) is 5.82 Å². The topological polar surface area (TPSA) is 127 Å². The normalized spacial score (nSPS) is 14.1. The lowest BCUT2D eigenvalue weighted by atomic mass is 9.99. The fourth-order valence-corrected chi connectivity index (χ4v) is 7.42. The lowest BCUT2D eigenvalue weighted by Crippen LogP contribution is -2.47. The molecule has 0 saturated heterocycles. The van der Waals surface area contributed by atoms with Crippen LogP contribution in [0, 0.1) is 5.92 Å². The van der Waals surface area contributed by atoms with Gasteiger partial charge < -0.3 is 0 Å². The van der Waals surface area contributed by atoms with Crippen molar-refractivity contribution in [3.8, 4) is 16.8 Å². The first-order valence-corrected chi connectivity index (χ1v) is 18.4. The SMILES string of the molecule is CCCCc1nn(-c2ccccc2Cl)c(NS(=O)(=O)C(F)(F)C(F)(F)F)c1Cc1ccc(-c2ccccc2S(=O)(=O)NC(=O)C2CC2)cc1. The van der Waals surface area contributed by atoms with Crippen molar-refractivity contribution in [3.05, 3.63) is 94.6 Å². The summed E-state index contributed by atoms with van der Waals surface area (Å²) in [4.78, 5) is 12.1. The van der Waals surface area contributed by atoms with Crippen LogP contribution in [-0.2, 0) is 37.7 Å². The zero-order valence-electron chi connectivity index (χ0n) is 25.8. The van der Waals surface area contributed by atoms with Gasteiger partial charge in [0.05, 0.1) is 21.3 Å². The van der Waals surface area contributed by atoms with E-state index in [0.29, 0.717) is 36.8 Å². The molecule has 4 aromatic rings. The molecule has 5 rings (SSSR count). The number of aryl methyl sites for hydroxylation is 1. The minimum Gasteiger partial charge on any atom is -0.274 e. The molecular formula is C32H30ClF5N4O5S2. The monoisotopic (exact) mass is 744 g/mol. The van der Waals surface area contributed by atoms with Crippen LogP contribution < -0.4 is 9.44 Å². The Bertz CT molecular complexity index is 2080. The molecule has 1 aromatic heterocycles. The van der Waals surface area contributed by atoms with Gasteiger partial charge in [-0.25, -0.2) is 17.8 Å². The summed E-state index contributed by atoms with van der Waals surface area (Å²) in [6.07, 6.45) is -3.96. The molecule has 49 heavy (non-hydrogen) atoms. The first-order valence-electron chi connectivity index (χ1n) is 15.0. The molecule has 1 heterocycles. The van der Waals surface area contributed by atoms with Crippen LogP contribution in [0.2, 0.25) is 5.02 Å². The molecule has 1 aliphatic carbocycles. The van der Waals surface area contributed by atoms with Gasteiger partial charge in [-0.3, -0.25) is 9.52 Å². The number of nitrogens with one attached hydrogen (secondary N) is 2. The maximum atomic E-state index is 14.3. The van der Waals surface area contributed by atoms with Crippen molar-refractivity contribution in [2.45, 2.75) is 61.8 Å². The third-order valence-corrected chi connectivity index (χ3v) is 10.9. The van der Waals surface area contributed by atoms with Crippen LogP contribution in [0.4, 0.5) is 27.8 Å². The highest BCUT2D eigenvalue weighted by Gasteiger charge is 2.68. The van der Waals surface area contributed by atoms with Gasteiger partial charge in [0.2, 0.25) is 5.91 Å². The summed E-state index contributed by atoms with van der Waals surface area (Å²) in [5, 5.41) is -1.70. The van der Waals surface area contributed by atoms with Crippen molar-refractivity contribution in [1.29, 1.82) is 0 Å². The van der Waals surface area contributed by atoms with Gasteiger partial charge in [-0.15, -0.1) is 0 Å². The number of sulfonamides is 2. The van der Waals surface area contributed by atoms with Gasteiger partial charge in [0.25, 0.3) is 10.0 Å². The van der Waals surface area contributed by atoms with E-state index in [1.165, 1.54) is 35.1 Å². The molecule has 0 spiro atoms. The molecule has 9 nitrogen and oxygen atoms in total. The summed E-state index contributed by atoms with van der Waals surface area (Å²) in [5.41, 5.74) is 1.49. The minimum absolute atomic E-state index is 0.0212. The van der Waals surface area contributed by atoms with E-state index >= 15 is 0 Å². The quantitative estimate of drug-likeness (QED) is 0.139. The van der Waals surface area contributed by atoms with Crippen molar-refractivity contribution in [3.63, 3.8) is 0 Å². The molecule has 0 radical (unpaired) electrons. The Morgan fingerprint density at radius 3 is 2.18 bits per heavy atom. The van der Waals surface area contributed by atoms with Crippen LogP contribution in [0.3, 0.4) is 0 Å². The van der Waals surface area contributed by atoms with Gasteiger partial charge in [-0.05, 0) is 55.0 Å². The number of halogens is 6. The maximum absolute atomic E-state index is 14.3. The van der Waals surface area contributed by atoms with E-state index in [4.69, 9.17) is 11.6 Å². The Morgan fingerprint density at radius 2 is 1.57 bits per heavy atom. The number of amides is 1. The van der Waals surface area contributed by atoms with E-state index in [2.05, 4.69) is 9.82 Å². The Morgan fingerprint density at radius 1 is 0.939 bits per heavy atom. The molecule has 0 atom stereocenters. The lowest BCUT2D eigenvalue weighted by molar-refractivity contribution is -0.241. The number of benzene rings is 3. The highest BCUT2D eigenvalue weighted by atomic mass is 35.5. The van der Waals surface area contributed by atoms with E-state index in [-0.39, 0.29) is 51.2 Å². The van der Waals surface area contributed by atoms with Crippen molar-refractivity contribution >= 4 is 43.4 Å². The maximum Gasteiger partial charge on any atom is 0.471 e. The fraction of sp³-hybridized carbons (Fsp3) is 0.312. The summed E-state index contributed by atoms with van der Waals surface area (Å²) < 4.78 is 124. The number of rotatable bonds is 13. The Hall–Kier alpha value is -4.02. The molecule has 262 valence electrons. The number of hydrogen-bond donors (Lipinski definition) is 2. The van der Waals surface area contributed by atoms with E-state index in [1.54, 1.807) is 42.5 Å². The number of carbonyl (C=O) groups is 1. The highest BCUT2D eigenvalue weighted by molar-refractivity contribution is 7.93. The first kappa shape index (κ1) is 36.3.